The van der Waals surface area contributed by atoms with Gasteiger partial charge in [0, 0.05) is 6.04 Å². The van der Waals surface area contributed by atoms with Crippen LogP contribution in [0.1, 0.15) is 50.9 Å². The maximum absolute atomic E-state index is 6.27. The van der Waals surface area contributed by atoms with E-state index in [4.69, 9.17) is 23.2 Å². The largest absolute Gasteiger partial charge is 0.324 e. The Hall–Kier alpha value is -0.730. The highest BCUT2D eigenvalue weighted by Crippen LogP contribution is 2.35. The lowest BCUT2D eigenvalue weighted by Crippen LogP contribution is -2.11. The molecule has 2 unspecified atom stereocenters. The summed E-state index contributed by atoms with van der Waals surface area (Å²) in [5.74, 6) is 2.23. The van der Waals surface area contributed by atoms with E-state index in [9.17, 15) is 0 Å². The van der Waals surface area contributed by atoms with Crippen molar-refractivity contribution in [2.24, 2.45) is 5.92 Å². The lowest BCUT2D eigenvalue weighted by atomic mass is 10.0. The number of hydrogen-bond acceptors (Lipinski definition) is 1. The van der Waals surface area contributed by atoms with E-state index in [0.717, 1.165) is 27.8 Å². The fourth-order valence-electron chi connectivity index (χ4n) is 3.36. The van der Waals surface area contributed by atoms with Gasteiger partial charge in [0.25, 0.3) is 0 Å². The molecule has 4 heteroatoms. The molecule has 1 aromatic heterocycles. The number of para-hydroxylation sites is 1. The molecule has 0 radical (unpaired) electrons. The Kier molecular flexibility index (Phi) is 4.23. The fourth-order valence-corrected chi connectivity index (χ4v) is 3.76. The first-order valence-electron chi connectivity index (χ1n) is 7.42. The van der Waals surface area contributed by atoms with E-state index in [2.05, 4.69) is 22.5 Å². The molecule has 0 aliphatic heterocycles. The van der Waals surface area contributed by atoms with E-state index in [-0.39, 0.29) is 0 Å². The van der Waals surface area contributed by atoms with Crippen LogP contribution in [0.25, 0.3) is 11.0 Å². The lowest BCUT2D eigenvalue weighted by molar-refractivity contribution is 0.433. The summed E-state index contributed by atoms with van der Waals surface area (Å²) < 4.78 is 2.34. The normalized spacial score (nSPS) is 23.9. The van der Waals surface area contributed by atoms with Crippen LogP contribution in [-0.4, -0.2) is 9.55 Å². The maximum Gasteiger partial charge on any atom is 0.125 e. The van der Waals surface area contributed by atoms with Crippen LogP contribution in [0.15, 0.2) is 18.2 Å². The van der Waals surface area contributed by atoms with Gasteiger partial charge in [-0.2, -0.15) is 0 Å². The van der Waals surface area contributed by atoms with Gasteiger partial charge in [-0.15, -0.1) is 11.6 Å². The van der Waals surface area contributed by atoms with Gasteiger partial charge >= 0.3 is 0 Å². The van der Waals surface area contributed by atoms with Crippen molar-refractivity contribution in [3.05, 3.63) is 29.0 Å². The molecule has 1 aliphatic rings. The monoisotopic (exact) mass is 310 g/mol. The van der Waals surface area contributed by atoms with Crippen molar-refractivity contribution in [2.45, 2.75) is 50.9 Å². The van der Waals surface area contributed by atoms with Gasteiger partial charge in [0.05, 0.1) is 16.4 Å². The van der Waals surface area contributed by atoms with E-state index in [0.29, 0.717) is 11.9 Å². The van der Waals surface area contributed by atoms with E-state index < -0.39 is 0 Å². The molecule has 108 valence electrons. The topological polar surface area (TPSA) is 17.8 Å². The highest BCUT2D eigenvalue weighted by molar-refractivity contribution is 6.35. The number of alkyl halides is 1. The smallest absolute Gasteiger partial charge is 0.125 e. The third kappa shape index (κ3) is 2.56. The number of nitrogens with zero attached hydrogens (tertiary/aromatic N) is 2. The fraction of sp³-hybridized carbons (Fsp3) is 0.562. The molecule has 20 heavy (non-hydrogen) atoms. The molecule has 0 saturated heterocycles. The maximum atomic E-state index is 6.27. The molecule has 2 atom stereocenters. The van der Waals surface area contributed by atoms with E-state index in [1.54, 1.807) is 0 Å². The first-order chi connectivity index (χ1) is 9.70. The number of imidazole rings is 1. The third-order valence-corrected chi connectivity index (χ3v) is 5.00. The lowest BCUT2D eigenvalue weighted by Gasteiger charge is -2.19. The van der Waals surface area contributed by atoms with Gasteiger partial charge in [0.1, 0.15) is 11.3 Å². The van der Waals surface area contributed by atoms with E-state index in [1.807, 2.05) is 12.1 Å². The molecule has 2 aromatic rings. The summed E-state index contributed by atoms with van der Waals surface area (Å²) in [6, 6.07) is 6.52. The molecule has 0 N–H and O–H groups in total. The van der Waals surface area contributed by atoms with Crippen LogP contribution >= 0.6 is 23.2 Å². The van der Waals surface area contributed by atoms with Gasteiger partial charge in [0.15, 0.2) is 0 Å². The second-order valence-electron chi connectivity index (χ2n) is 5.91. The molecular weight excluding hydrogens is 291 g/mol. The average molecular weight is 311 g/mol. The zero-order valence-electron chi connectivity index (χ0n) is 11.8. The second kappa shape index (κ2) is 5.95. The molecule has 1 heterocycles. The van der Waals surface area contributed by atoms with Gasteiger partial charge in [-0.25, -0.2) is 4.98 Å². The van der Waals surface area contributed by atoms with Gasteiger partial charge in [-0.1, -0.05) is 37.4 Å². The van der Waals surface area contributed by atoms with Crippen LogP contribution in [0.3, 0.4) is 0 Å². The van der Waals surface area contributed by atoms with Crippen LogP contribution in [-0.2, 0) is 5.88 Å². The summed E-state index contributed by atoms with van der Waals surface area (Å²) in [7, 11) is 0. The van der Waals surface area contributed by atoms with Crippen LogP contribution in [0.5, 0.6) is 0 Å². The zero-order chi connectivity index (χ0) is 14.1. The van der Waals surface area contributed by atoms with Crippen LogP contribution in [0, 0.1) is 5.92 Å². The minimum absolute atomic E-state index is 0.442. The summed E-state index contributed by atoms with van der Waals surface area (Å²) in [4.78, 5) is 4.65. The SMILES string of the molecule is CC1CCCC(n2c(CCl)nc3c(Cl)cccc32)CC1. The van der Waals surface area contributed by atoms with Crippen LogP contribution in [0.2, 0.25) is 5.02 Å². The molecule has 0 bridgehead atoms. The Labute approximate surface area is 130 Å². The molecule has 1 aliphatic carbocycles. The van der Waals surface area contributed by atoms with Crippen molar-refractivity contribution in [2.75, 3.05) is 0 Å². The van der Waals surface area contributed by atoms with Crippen molar-refractivity contribution in [3.63, 3.8) is 0 Å². The molecule has 0 spiro atoms. The van der Waals surface area contributed by atoms with Gasteiger partial charge in [-0.3, -0.25) is 0 Å². The summed E-state index contributed by atoms with van der Waals surface area (Å²) in [6.45, 7) is 2.35. The molecule has 2 nitrogen and oxygen atoms in total. The van der Waals surface area contributed by atoms with Crippen molar-refractivity contribution in [1.82, 2.24) is 9.55 Å². The summed E-state index contributed by atoms with van der Waals surface area (Å²) in [5, 5.41) is 0.717. The van der Waals surface area contributed by atoms with Crippen molar-refractivity contribution >= 4 is 34.2 Å². The standard InChI is InChI=1S/C16H20Cl2N2/c1-11-4-2-5-12(9-8-11)20-14-7-3-6-13(18)16(14)19-15(20)10-17/h3,6-7,11-12H,2,4-5,8-10H2,1H3. The third-order valence-electron chi connectivity index (χ3n) is 4.46. The minimum Gasteiger partial charge on any atom is -0.324 e. The minimum atomic E-state index is 0.442. The van der Waals surface area contributed by atoms with Crippen LogP contribution < -0.4 is 0 Å². The average Bonchev–Trinajstić information content (AvgIpc) is 2.70. The number of fused-ring (bicyclic) bond motifs is 1. The Balaban J connectivity index is 2.07. The van der Waals surface area contributed by atoms with E-state index >= 15 is 0 Å². The Morgan fingerprint density at radius 2 is 2.10 bits per heavy atom. The highest BCUT2D eigenvalue weighted by Gasteiger charge is 2.22. The Morgan fingerprint density at radius 3 is 2.90 bits per heavy atom. The van der Waals surface area contributed by atoms with Crippen molar-refractivity contribution in [3.8, 4) is 0 Å². The number of hydrogen-bond donors (Lipinski definition) is 0. The molecular formula is C16H20Cl2N2. The summed E-state index contributed by atoms with van der Waals surface area (Å²) >= 11 is 12.4. The summed E-state index contributed by atoms with van der Waals surface area (Å²) in [5.41, 5.74) is 2.02. The highest BCUT2D eigenvalue weighted by atomic mass is 35.5. The molecule has 1 fully saturated rings. The Bertz CT molecular complexity index is 606. The molecule has 1 aromatic carbocycles. The first kappa shape index (κ1) is 14.2. The first-order valence-corrected chi connectivity index (χ1v) is 8.33. The molecule has 0 amide bonds. The quantitative estimate of drug-likeness (QED) is 0.523. The van der Waals surface area contributed by atoms with Crippen LogP contribution in [0.4, 0.5) is 0 Å². The number of aromatic nitrogens is 2. The number of benzene rings is 1. The van der Waals surface area contributed by atoms with Crippen molar-refractivity contribution < 1.29 is 0 Å². The Morgan fingerprint density at radius 1 is 1.25 bits per heavy atom. The predicted molar refractivity (Wildman–Crippen MR) is 85.6 cm³/mol. The molecule has 1 saturated carbocycles. The summed E-state index contributed by atoms with van der Waals surface area (Å²) in [6.07, 6.45) is 6.33. The van der Waals surface area contributed by atoms with Gasteiger partial charge in [-0.05, 0) is 37.3 Å². The zero-order valence-corrected chi connectivity index (χ0v) is 13.3. The van der Waals surface area contributed by atoms with Crippen molar-refractivity contribution in [1.29, 1.82) is 0 Å². The molecule has 3 rings (SSSR count). The second-order valence-corrected chi connectivity index (χ2v) is 6.58. The number of halogens is 2. The van der Waals surface area contributed by atoms with Gasteiger partial charge < -0.3 is 4.57 Å². The van der Waals surface area contributed by atoms with E-state index in [1.165, 1.54) is 32.1 Å². The van der Waals surface area contributed by atoms with Gasteiger partial charge in [0.2, 0.25) is 0 Å². The number of rotatable bonds is 2. The predicted octanol–water partition coefficient (Wildman–Crippen LogP) is 5.57.